The van der Waals surface area contributed by atoms with Gasteiger partial charge in [-0.3, -0.25) is 0 Å². The molecule has 1 saturated carbocycles. The van der Waals surface area contributed by atoms with E-state index in [1.54, 1.807) is 12.1 Å². The molecule has 2 N–H and O–H groups in total. The monoisotopic (exact) mass is 255 g/mol. The van der Waals surface area contributed by atoms with Crippen molar-refractivity contribution in [2.45, 2.75) is 50.7 Å². The quantitative estimate of drug-likeness (QED) is 0.828. The van der Waals surface area contributed by atoms with Gasteiger partial charge < -0.3 is 5.73 Å². The van der Waals surface area contributed by atoms with Crippen LogP contribution in [0, 0.1) is 0 Å². The zero-order valence-corrected chi connectivity index (χ0v) is 10.9. The largest absolute Gasteiger partial charge is 0.321 e. The van der Waals surface area contributed by atoms with E-state index in [1.165, 1.54) is 13.3 Å². The van der Waals surface area contributed by atoms with Crippen LogP contribution < -0.4 is 5.73 Å². The molecular formula is C14H19ClFN. The van der Waals surface area contributed by atoms with Gasteiger partial charge in [-0.15, -0.1) is 0 Å². The molecule has 1 aromatic carbocycles. The molecule has 1 nitrogen and oxygen atoms in total. The Balaban J connectivity index is 2.32. The van der Waals surface area contributed by atoms with Crippen LogP contribution in [0.4, 0.5) is 4.39 Å². The van der Waals surface area contributed by atoms with Crippen LogP contribution in [0.5, 0.6) is 0 Å². The van der Waals surface area contributed by atoms with Crippen LogP contribution in [0.15, 0.2) is 18.2 Å². The second-order valence-corrected chi connectivity index (χ2v) is 5.48. The minimum absolute atomic E-state index is 0.312. The van der Waals surface area contributed by atoms with Crippen LogP contribution in [0.1, 0.15) is 56.3 Å². The molecule has 1 fully saturated rings. The number of rotatable bonds is 2. The van der Waals surface area contributed by atoms with Gasteiger partial charge in [0.05, 0.1) is 0 Å². The predicted molar refractivity (Wildman–Crippen MR) is 69.9 cm³/mol. The highest BCUT2D eigenvalue weighted by Gasteiger charge is 2.31. The Labute approximate surface area is 107 Å². The fourth-order valence-electron chi connectivity index (χ4n) is 2.63. The van der Waals surface area contributed by atoms with Crippen molar-refractivity contribution >= 4 is 11.6 Å². The summed E-state index contributed by atoms with van der Waals surface area (Å²) in [6.45, 7) is 1.52. The van der Waals surface area contributed by atoms with E-state index in [0.717, 1.165) is 31.2 Å². The molecule has 1 aliphatic rings. The Bertz CT molecular complexity index is 397. The van der Waals surface area contributed by atoms with Crippen molar-refractivity contribution in [1.29, 1.82) is 0 Å². The van der Waals surface area contributed by atoms with E-state index in [-0.39, 0.29) is 5.54 Å². The molecule has 94 valence electrons. The molecule has 0 amide bonds. The van der Waals surface area contributed by atoms with Crippen LogP contribution in [-0.4, -0.2) is 0 Å². The molecule has 0 saturated heterocycles. The first-order valence-electron chi connectivity index (χ1n) is 6.26. The van der Waals surface area contributed by atoms with Gasteiger partial charge in [0.2, 0.25) is 0 Å². The fourth-order valence-corrected chi connectivity index (χ4v) is 3.01. The Kier molecular flexibility index (Phi) is 3.74. The number of hydrogen-bond donors (Lipinski definition) is 1. The summed E-state index contributed by atoms with van der Waals surface area (Å²) < 4.78 is 13.2. The third kappa shape index (κ3) is 2.63. The Morgan fingerprint density at radius 2 is 1.94 bits per heavy atom. The third-order valence-electron chi connectivity index (χ3n) is 3.73. The van der Waals surface area contributed by atoms with E-state index < -0.39 is 6.17 Å². The van der Waals surface area contributed by atoms with Gasteiger partial charge in [0, 0.05) is 10.6 Å². The standard InChI is InChI=1S/C14H19ClFN/c1-10(16)11-5-6-12(13(15)9-11)14(17)7-3-2-4-8-14/h5-6,9-10H,2-4,7-8,17H2,1H3. The molecule has 0 heterocycles. The maximum atomic E-state index is 13.2. The zero-order chi connectivity index (χ0) is 12.5. The lowest BCUT2D eigenvalue weighted by atomic mass is 9.77. The van der Waals surface area contributed by atoms with E-state index in [2.05, 4.69) is 0 Å². The molecule has 0 aromatic heterocycles. The van der Waals surface area contributed by atoms with Gasteiger partial charge in [0.1, 0.15) is 6.17 Å². The van der Waals surface area contributed by atoms with Crippen LogP contribution in [0.2, 0.25) is 5.02 Å². The number of alkyl halides is 1. The minimum Gasteiger partial charge on any atom is -0.321 e. The summed E-state index contributed by atoms with van der Waals surface area (Å²) in [7, 11) is 0. The van der Waals surface area contributed by atoms with Crippen LogP contribution in [0.3, 0.4) is 0 Å². The van der Waals surface area contributed by atoms with Crippen molar-refractivity contribution in [3.05, 3.63) is 34.3 Å². The summed E-state index contributed by atoms with van der Waals surface area (Å²) in [5.74, 6) is 0. The van der Waals surface area contributed by atoms with Crippen LogP contribution in [0.25, 0.3) is 0 Å². The lowest BCUT2D eigenvalue weighted by molar-refractivity contribution is 0.302. The van der Waals surface area contributed by atoms with Gasteiger partial charge in [0.25, 0.3) is 0 Å². The first-order chi connectivity index (χ1) is 8.03. The summed E-state index contributed by atoms with van der Waals surface area (Å²) in [5.41, 5.74) is 7.72. The normalized spacial score (nSPS) is 21.2. The Morgan fingerprint density at radius 3 is 2.47 bits per heavy atom. The number of nitrogens with two attached hydrogens (primary N) is 1. The van der Waals surface area contributed by atoms with E-state index >= 15 is 0 Å². The second kappa shape index (κ2) is 4.95. The highest BCUT2D eigenvalue weighted by Crippen LogP contribution is 2.39. The molecular weight excluding hydrogens is 237 g/mol. The van der Waals surface area contributed by atoms with Crippen LogP contribution >= 0.6 is 11.6 Å². The van der Waals surface area contributed by atoms with Gasteiger partial charge in [-0.1, -0.05) is 43.0 Å². The summed E-state index contributed by atoms with van der Waals surface area (Å²) in [6, 6.07) is 5.42. The van der Waals surface area contributed by atoms with Crippen molar-refractivity contribution in [2.75, 3.05) is 0 Å². The number of hydrogen-bond acceptors (Lipinski definition) is 1. The van der Waals surface area contributed by atoms with Crippen molar-refractivity contribution < 1.29 is 4.39 Å². The predicted octanol–water partition coefficient (Wildman–Crippen LogP) is 4.49. The van der Waals surface area contributed by atoms with Gasteiger partial charge in [-0.2, -0.15) is 0 Å². The van der Waals surface area contributed by atoms with Gasteiger partial charge >= 0.3 is 0 Å². The lowest BCUT2D eigenvalue weighted by Crippen LogP contribution is -2.38. The summed E-state index contributed by atoms with van der Waals surface area (Å²) in [5, 5.41) is 0.608. The van der Waals surface area contributed by atoms with E-state index in [1.807, 2.05) is 6.07 Å². The maximum Gasteiger partial charge on any atom is 0.122 e. The average molecular weight is 256 g/mol. The SMILES string of the molecule is CC(F)c1ccc(C2(N)CCCCC2)c(Cl)c1. The fraction of sp³-hybridized carbons (Fsp3) is 0.571. The molecule has 17 heavy (non-hydrogen) atoms. The Hall–Kier alpha value is -0.600. The molecule has 0 aliphatic heterocycles. The van der Waals surface area contributed by atoms with E-state index in [4.69, 9.17) is 17.3 Å². The van der Waals surface area contributed by atoms with Gasteiger partial charge in [-0.05, 0) is 37.0 Å². The zero-order valence-electron chi connectivity index (χ0n) is 10.2. The van der Waals surface area contributed by atoms with Gasteiger partial charge in [0.15, 0.2) is 0 Å². The minimum atomic E-state index is -0.985. The van der Waals surface area contributed by atoms with Crippen molar-refractivity contribution in [3.63, 3.8) is 0 Å². The van der Waals surface area contributed by atoms with Crippen molar-refractivity contribution in [1.82, 2.24) is 0 Å². The van der Waals surface area contributed by atoms with Crippen molar-refractivity contribution in [2.24, 2.45) is 5.73 Å². The molecule has 1 unspecified atom stereocenters. The molecule has 0 spiro atoms. The highest BCUT2D eigenvalue weighted by atomic mass is 35.5. The first-order valence-corrected chi connectivity index (χ1v) is 6.64. The molecule has 0 radical (unpaired) electrons. The Morgan fingerprint density at radius 1 is 1.29 bits per heavy atom. The highest BCUT2D eigenvalue weighted by molar-refractivity contribution is 6.31. The van der Waals surface area contributed by atoms with Crippen molar-refractivity contribution in [3.8, 4) is 0 Å². The molecule has 2 rings (SSSR count). The molecule has 1 atom stereocenters. The lowest BCUT2D eigenvalue weighted by Gasteiger charge is -2.34. The third-order valence-corrected chi connectivity index (χ3v) is 4.05. The van der Waals surface area contributed by atoms with Gasteiger partial charge in [-0.25, -0.2) is 4.39 Å². The second-order valence-electron chi connectivity index (χ2n) is 5.07. The topological polar surface area (TPSA) is 26.0 Å². The number of halogens is 2. The smallest absolute Gasteiger partial charge is 0.122 e. The molecule has 1 aliphatic carbocycles. The first kappa shape index (κ1) is 12.8. The summed E-state index contributed by atoms with van der Waals surface area (Å²) in [6.07, 6.45) is 4.49. The van der Waals surface area contributed by atoms with E-state index in [9.17, 15) is 4.39 Å². The van der Waals surface area contributed by atoms with E-state index in [0.29, 0.717) is 10.6 Å². The molecule has 0 bridgehead atoms. The average Bonchev–Trinajstić information content (AvgIpc) is 2.29. The molecule has 3 heteroatoms. The molecule has 1 aromatic rings. The summed E-state index contributed by atoms with van der Waals surface area (Å²) >= 11 is 6.25. The maximum absolute atomic E-state index is 13.2. The summed E-state index contributed by atoms with van der Waals surface area (Å²) in [4.78, 5) is 0. The van der Waals surface area contributed by atoms with Crippen LogP contribution in [-0.2, 0) is 5.54 Å². The number of benzene rings is 1.